The lowest BCUT2D eigenvalue weighted by molar-refractivity contribution is 0.627. The Bertz CT molecular complexity index is 353. The van der Waals surface area contributed by atoms with Crippen molar-refractivity contribution in [2.75, 3.05) is 0 Å². The Morgan fingerprint density at radius 1 is 1.36 bits per heavy atom. The Labute approximate surface area is 84.7 Å². The second-order valence-corrected chi connectivity index (χ2v) is 3.77. The zero-order valence-corrected chi connectivity index (χ0v) is 9.13. The smallest absolute Gasteiger partial charge is 0.123 e. The standard InChI is InChI=1S/C12H16FN/c1-8(2)14-10(4)12-7-11(13)6-5-9(12)3/h5-8H,1-4H3. The monoisotopic (exact) mass is 193 g/mol. The molecule has 0 bridgehead atoms. The van der Waals surface area contributed by atoms with Gasteiger partial charge in [0, 0.05) is 17.3 Å². The van der Waals surface area contributed by atoms with E-state index >= 15 is 0 Å². The van der Waals surface area contributed by atoms with Crippen LogP contribution in [0, 0.1) is 12.7 Å². The predicted octanol–water partition coefficient (Wildman–Crippen LogP) is 3.35. The highest BCUT2D eigenvalue weighted by Gasteiger charge is 2.03. The van der Waals surface area contributed by atoms with E-state index in [1.807, 2.05) is 27.7 Å². The van der Waals surface area contributed by atoms with Gasteiger partial charge >= 0.3 is 0 Å². The summed E-state index contributed by atoms with van der Waals surface area (Å²) >= 11 is 0. The summed E-state index contributed by atoms with van der Waals surface area (Å²) in [6.45, 7) is 7.91. The molecule has 0 fully saturated rings. The van der Waals surface area contributed by atoms with Gasteiger partial charge in [-0.2, -0.15) is 0 Å². The molecule has 0 atom stereocenters. The number of aliphatic imine (C=N–C) groups is 1. The number of benzene rings is 1. The van der Waals surface area contributed by atoms with Crippen LogP contribution in [0.2, 0.25) is 0 Å². The van der Waals surface area contributed by atoms with Crippen molar-refractivity contribution in [3.05, 3.63) is 35.1 Å². The fourth-order valence-electron chi connectivity index (χ4n) is 1.44. The molecule has 0 spiro atoms. The summed E-state index contributed by atoms with van der Waals surface area (Å²) in [4.78, 5) is 4.40. The summed E-state index contributed by atoms with van der Waals surface area (Å²) in [5.41, 5.74) is 2.86. The summed E-state index contributed by atoms with van der Waals surface area (Å²) in [5.74, 6) is -0.205. The number of nitrogens with zero attached hydrogens (tertiary/aromatic N) is 1. The number of halogens is 1. The Kier molecular flexibility index (Phi) is 3.39. The van der Waals surface area contributed by atoms with Crippen molar-refractivity contribution in [2.45, 2.75) is 33.7 Å². The molecule has 0 unspecified atom stereocenters. The molecule has 0 saturated heterocycles. The fourth-order valence-corrected chi connectivity index (χ4v) is 1.44. The minimum atomic E-state index is -0.205. The minimum Gasteiger partial charge on any atom is -0.287 e. The van der Waals surface area contributed by atoms with Gasteiger partial charge in [0.15, 0.2) is 0 Å². The van der Waals surface area contributed by atoms with E-state index < -0.39 is 0 Å². The molecule has 0 amide bonds. The first-order chi connectivity index (χ1) is 6.50. The van der Waals surface area contributed by atoms with Crippen LogP contribution < -0.4 is 0 Å². The maximum absolute atomic E-state index is 13.0. The average molecular weight is 193 g/mol. The number of hydrogen-bond acceptors (Lipinski definition) is 1. The molecule has 1 nitrogen and oxygen atoms in total. The first-order valence-corrected chi connectivity index (χ1v) is 4.81. The van der Waals surface area contributed by atoms with Gasteiger partial charge in [0.25, 0.3) is 0 Å². The second kappa shape index (κ2) is 4.36. The van der Waals surface area contributed by atoms with Gasteiger partial charge in [0.05, 0.1) is 0 Å². The van der Waals surface area contributed by atoms with Crippen LogP contribution in [0.3, 0.4) is 0 Å². The summed E-state index contributed by atoms with van der Waals surface area (Å²) in [6, 6.07) is 5.04. The van der Waals surface area contributed by atoms with E-state index in [0.717, 1.165) is 16.8 Å². The van der Waals surface area contributed by atoms with Crippen molar-refractivity contribution in [1.82, 2.24) is 0 Å². The molecular weight excluding hydrogens is 177 g/mol. The van der Waals surface area contributed by atoms with Gasteiger partial charge in [0.1, 0.15) is 5.82 Å². The van der Waals surface area contributed by atoms with Crippen LogP contribution in [0.5, 0.6) is 0 Å². The molecule has 0 heterocycles. The molecule has 1 rings (SSSR count). The van der Waals surface area contributed by atoms with Crippen LogP contribution in [0.25, 0.3) is 0 Å². The zero-order chi connectivity index (χ0) is 10.7. The van der Waals surface area contributed by atoms with Crippen molar-refractivity contribution in [2.24, 2.45) is 4.99 Å². The van der Waals surface area contributed by atoms with Crippen molar-refractivity contribution >= 4 is 5.71 Å². The molecule has 0 N–H and O–H groups in total. The third-order valence-electron chi connectivity index (χ3n) is 2.04. The van der Waals surface area contributed by atoms with Crippen molar-refractivity contribution in [3.8, 4) is 0 Å². The molecule has 0 aliphatic heterocycles. The van der Waals surface area contributed by atoms with E-state index in [0.29, 0.717) is 0 Å². The van der Waals surface area contributed by atoms with E-state index in [4.69, 9.17) is 0 Å². The molecule has 0 aromatic heterocycles. The normalized spacial score (nSPS) is 12.3. The van der Waals surface area contributed by atoms with Crippen molar-refractivity contribution < 1.29 is 4.39 Å². The SMILES string of the molecule is CC(=NC(C)C)c1cc(F)ccc1C. The Morgan fingerprint density at radius 3 is 2.57 bits per heavy atom. The molecule has 76 valence electrons. The molecule has 0 aliphatic rings. The lowest BCUT2D eigenvalue weighted by Gasteiger charge is -2.07. The van der Waals surface area contributed by atoms with Crippen LogP contribution in [0.4, 0.5) is 4.39 Å². The van der Waals surface area contributed by atoms with Crippen LogP contribution in [0.15, 0.2) is 23.2 Å². The third-order valence-corrected chi connectivity index (χ3v) is 2.04. The summed E-state index contributed by atoms with van der Waals surface area (Å²) in [6.07, 6.45) is 0. The van der Waals surface area contributed by atoms with Gasteiger partial charge in [0.2, 0.25) is 0 Å². The van der Waals surface area contributed by atoms with E-state index in [9.17, 15) is 4.39 Å². The van der Waals surface area contributed by atoms with E-state index in [1.165, 1.54) is 12.1 Å². The Balaban J connectivity index is 3.12. The van der Waals surface area contributed by atoms with Crippen molar-refractivity contribution in [1.29, 1.82) is 0 Å². The summed E-state index contributed by atoms with van der Waals surface area (Å²) < 4.78 is 13.0. The van der Waals surface area contributed by atoms with Gasteiger partial charge in [-0.15, -0.1) is 0 Å². The Morgan fingerprint density at radius 2 is 2.00 bits per heavy atom. The molecule has 0 saturated carbocycles. The molecular formula is C12H16FN. The maximum atomic E-state index is 13.0. The minimum absolute atomic E-state index is 0.205. The molecule has 0 radical (unpaired) electrons. The lowest BCUT2D eigenvalue weighted by Crippen LogP contribution is -2.03. The van der Waals surface area contributed by atoms with Gasteiger partial charge in [-0.3, -0.25) is 4.99 Å². The highest BCUT2D eigenvalue weighted by Crippen LogP contribution is 2.12. The topological polar surface area (TPSA) is 12.4 Å². The molecule has 14 heavy (non-hydrogen) atoms. The largest absolute Gasteiger partial charge is 0.287 e. The average Bonchev–Trinajstić information content (AvgIpc) is 2.08. The zero-order valence-electron chi connectivity index (χ0n) is 9.13. The fraction of sp³-hybridized carbons (Fsp3) is 0.417. The summed E-state index contributed by atoms with van der Waals surface area (Å²) in [7, 11) is 0. The quantitative estimate of drug-likeness (QED) is 0.639. The van der Waals surface area contributed by atoms with Gasteiger partial charge in [-0.1, -0.05) is 6.07 Å². The summed E-state index contributed by atoms with van der Waals surface area (Å²) in [5, 5.41) is 0. The highest BCUT2D eigenvalue weighted by molar-refractivity contribution is 6.00. The van der Waals surface area contributed by atoms with Gasteiger partial charge in [-0.25, -0.2) is 4.39 Å². The van der Waals surface area contributed by atoms with Crippen LogP contribution in [-0.2, 0) is 0 Å². The van der Waals surface area contributed by atoms with E-state index in [-0.39, 0.29) is 11.9 Å². The van der Waals surface area contributed by atoms with Crippen LogP contribution in [0.1, 0.15) is 31.9 Å². The highest BCUT2D eigenvalue weighted by atomic mass is 19.1. The van der Waals surface area contributed by atoms with Crippen LogP contribution >= 0.6 is 0 Å². The predicted molar refractivity (Wildman–Crippen MR) is 58.5 cm³/mol. The molecule has 1 aromatic carbocycles. The lowest BCUT2D eigenvalue weighted by atomic mass is 10.0. The maximum Gasteiger partial charge on any atom is 0.123 e. The van der Waals surface area contributed by atoms with Crippen molar-refractivity contribution in [3.63, 3.8) is 0 Å². The van der Waals surface area contributed by atoms with E-state index in [2.05, 4.69) is 4.99 Å². The second-order valence-electron chi connectivity index (χ2n) is 3.77. The van der Waals surface area contributed by atoms with E-state index in [1.54, 1.807) is 6.07 Å². The van der Waals surface area contributed by atoms with Gasteiger partial charge < -0.3 is 0 Å². The third kappa shape index (κ3) is 2.66. The first kappa shape index (κ1) is 10.9. The first-order valence-electron chi connectivity index (χ1n) is 4.81. The Hall–Kier alpha value is -1.18. The van der Waals surface area contributed by atoms with Crippen LogP contribution in [-0.4, -0.2) is 11.8 Å². The molecule has 2 heteroatoms. The number of rotatable bonds is 2. The number of hydrogen-bond donors (Lipinski definition) is 0. The number of aryl methyl sites for hydroxylation is 1. The molecule has 1 aromatic rings. The molecule has 0 aliphatic carbocycles. The van der Waals surface area contributed by atoms with Gasteiger partial charge in [-0.05, 0) is 45.4 Å².